The van der Waals surface area contributed by atoms with E-state index < -0.39 is 0 Å². The Balaban J connectivity index is 0.00000133. The van der Waals surface area contributed by atoms with E-state index in [4.69, 9.17) is 5.73 Å². The van der Waals surface area contributed by atoms with Gasteiger partial charge in [-0.3, -0.25) is 4.79 Å². The Labute approximate surface area is 120 Å². The molecule has 1 amide bonds. The van der Waals surface area contributed by atoms with Crippen molar-refractivity contribution in [1.29, 1.82) is 0 Å². The predicted octanol–water partition coefficient (Wildman–Crippen LogP) is 2.47. The molecule has 1 aromatic rings. The zero-order chi connectivity index (χ0) is 12.9. The van der Waals surface area contributed by atoms with Gasteiger partial charge in [-0.2, -0.15) is 0 Å². The van der Waals surface area contributed by atoms with Crippen LogP contribution in [-0.4, -0.2) is 18.5 Å². The van der Waals surface area contributed by atoms with Crippen LogP contribution in [0, 0.1) is 5.92 Å². The van der Waals surface area contributed by atoms with Crippen molar-refractivity contribution < 1.29 is 4.79 Å². The molecule has 2 unspecified atom stereocenters. The second-order valence-electron chi connectivity index (χ2n) is 5.87. The Morgan fingerprint density at radius 2 is 1.95 bits per heavy atom. The maximum atomic E-state index is 12.5. The summed E-state index contributed by atoms with van der Waals surface area (Å²) in [4.78, 5) is 14.5. The lowest BCUT2D eigenvalue weighted by molar-refractivity contribution is -0.122. The highest BCUT2D eigenvalue weighted by molar-refractivity contribution is 5.98. The third kappa shape index (κ3) is 2.15. The van der Waals surface area contributed by atoms with E-state index in [2.05, 4.69) is 18.2 Å². The number of rotatable bonds is 2. The first kappa shape index (κ1) is 14.4. The van der Waals surface area contributed by atoms with E-state index in [1.807, 2.05) is 24.8 Å². The van der Waals surface area contributed by atoms with Crippen LogP contribution < -0.4 is 10.6 Å². The van der Waals surface area contributed by atoms with E-state index in [-0.39, 0.29) is 35.7 Å². The number of carbonyl (C=O) groups is 1. The number of hydrogen-bond acceptors (Lipinski definition) is 2. The quantitative estimate of drug-likeness (QED) is 0.905. The van der Waals surface area contributed by atoms with Gasteiger partial charge in [-0.05, 0) is 31.4 Å². The zero-order valence-electron chi connectivity index (χ0n) is 11.4. The smallest absolute Gasteiger partial charge is 0.231 e. The van der Waals surface area contributed by atoms with Gasteiger partial charge < -0.3 is 10.6 Å². The van der Waals surface area contributed by atoms with Gasteiger partial charge >= 0.3 is 0 Å². The van der Waals surface area contributed by atoms with Gasteiger partial charge in [0.05, 0.1) is 5.92 Å². The number of anilines is 1. The monoisotopic (exact) mass is 280 g/mol. The lowest BCUT2D eigenvalue weighted by atomic mass is 9.99. The summed E-state index contributed by atoms with van der Waals surface area (Å²) in [5.74, 6) is 0.0492. The molecule has 2 N–H and O–H groups in total. The standard InChI is InChI=1S/C15H20N2O.ClH/c1-10(11(2)16)14(18)17-9-15(7-8-15)12-5-3-4-6-13(12)17;/h3-6,10-11H,7-9,16H2,1-2H3;1H. The van der Waals surface area contributed by atoms with Crippen molar-refractivity contribution in [2.75, 3.05) is 11.4 Å². The third-order valence-electron chi connectivity index (χ3n) is 4.52. The zero-order valence-corrected chi connectivity index (χ0v) is 12.2. The number of amides is 1. The van der Waals surface area contributed by atoms with Crippen molar-refractivity contribution in [3.8, 4) is 0 Å². The summed E-state index contributed by atoms with van der Waals surface area (Å²) in [5, 5.41) is 0. The number of benzene rings is 1. The molecule has 1 aromatic carbocycles. The molecule has 1 aliphatic carbocycles. The molecule has 0 radical (unpaired) electrons. The molecule has 4 heteroatoms. The van der Waals surface area contributed by atoms with Gasteiger partial charge in [-0.15, -0.1) is 12.4 Å². The van der Waals surface area contributed by atoms with E-state index in [0.29, 0.717) is 0 Å². The van der Waals surface area contributed by atoms with Gasteiger partial charge in [0.1, 0.15) is 0 Å². The largest absolute Gasteiger partial charge is 0.327 e. The van der Waals surface area contributed by atoms with E-state index in [0.717, 1.165) is 12.2 Å². The summed E-state index contributed by atoms with van der Waals surface area (Å²) < 4.78 is 0. The molecule has 0 saturated heterocycles. The highest BCUT2D eigenvalue weighted by Crippen LogP contribution is 2.56. The average molecular weight is 281 g/mol. The van der Waals surface area contributed by atoms with Crippen LogP contribution in [0.4, 0.5) is 5.69 Å². The van der Waals surface area contributed by atoms with Gasteiger partial charge in [0.2, 0.25) is 5.91 Å². The summed E-state index contributed by atoms with van der Waals surface area (Å²) in [5.41, 5.74) is 8.59. The minimum Gasteiger partial charge on any atom is -0.327 e. The van der Waals surface area contributed by atoms with Crippen molar-refractivity contribution >= 4 is 24.0 Å². The Hall–Kier alpha value is -1.06. The number of halogens is 1. The van der Waals surface area contributed by atoms with Gasteiger partial charge in [-0.1, -0.05) is 25.1 Å². The van der Waals surface area contributed by atoms with Crippen molar-refractivity contribution in [3.05, 3.63) is 29.8 Å². The lowest BCUT2D eigenvalue weighted by Crippen LogP contribution is -2.42. The molecule has 19 heavy (non-hydrogen) atoms. The fraction of sp³-hybridized carbons (Fsp3) is 0.533. The molecule has 104 valence electrons. The number of nitrogens with zero attached hydrogens (tertiary/aromatic N) is 1. The van der Waals surface area contributed by atoms with Crippen LogP contribution in [0.15, 0.2) is 24.3 Å². The molecule has 0 aromatic heterocycles. The van der Waals surface area contributed by atoms with Crippen LogP contribution in [0.25, 0.3) is 0 Å². The summed E-state index contributed by atoms with van der Waals surface area (Å²) in [6.45, 7) is 4.67. The fourth-order valence-corrected chi connectivity index (χ4v) is 2.88. The Morgan fingerprint density at radius 3 is 2.53 bits per heavy atom. The molecule has 0 bridgehead atoms. The SMILES string of the molecule is CC(N)C(C)C(=O)N1CC2(CC2)c2ccccc21.Cl. The molecular formula is C15H21ClN2O. The van der Waals surface area contributed by atoms with Crippen LogP contribution in [0.1, 0.15) is 32.3 Å². The van der Waals surface area contributed by atoms with Gasteiger partial charge in [-0.25, -0.2) is 0 Å². The molecule has 1 aliphatic heterocycles. The number of nitrogens with two attached hydrogens (primary N) is 1. The molecule has 1 spiro atoms. The third-order valence-corrected chi connectivity index (χ3v) is 4.52. The number of para-hydroxylation sites is 1. The highest BCUT2D eigenvalue weighted by atomic mass is 35.5. The first-order chi connectivity index (χ1) is 8.55. The minimum atomic E-state index is -0.119. The Bertz CT molecular complexity index is 497. The van der Waals surface area contributed by atoms with Gasteiger partial charge in [0, 0.05) is 23.7 Å². The number of fused-ring (bicyclic) bond motifs is 2. The molecule has 3 nitrogen and oxygen atoms in total. The maximum absolute atomic E-state index is 12.5. The van der Waals surface area contributed by atoms with Crippen LogP contribution in [-0.2, 0) is 10.2 Å². The van der Waals surface area contributed by atoms with Crippen molar-refractivity contribution in [2.45, 2.75) is 38.1 Å². The first-order valence-electron chi connectivity index (χ1n) is 6.72. The minimum absolute atomic E-state index is 0. The van der Waals surface area contributed by atoms with Crippen molar-refractivity contribution in [2.24, 2.45) is 11.7 Å². The molecule has 2 aliphatic rings. The number of carbonyl (C=O) groups excluding carboxylic acids is 1. The van der Waals surface area contributed by atoms with Gasteiger partial charge in [0.15, 0.2) is 0 Å². The second kappa shape index (κ2) is 4.80. The Morgan fingerprint density at radius 1 is 1.32 bits per heavy atom. The molecule has 1 saturated carbocycles. The summed E-state index contributed by atoms with van der Waals surface area (Å²) in [7, 11) is 0. The molecular weight excluding hydrogens is 260 g/mol. The molecule has 3 rings (SSSR count). The topological polar surface area (TPSA) is 46.3 Å². The first-order valence-corrected chi connectivity index (χ1v) is 6.72. The highest BCUT2D eigenvalue weighted by Gasteiger charge is 2.53. The fourth-order valence-electron chi connectivity index (χ4n) is 2.88. The second-order valence-corrected chi connectivity index (χ2v) is 5.87. The van der Waals surface area contributed by atoms with E-state index >= 15 is 0 Å². The van der Waals surface area contributed by atoms with E-state index in [1.54, 1.807) is 0 Å². The van der Waals surface area contributed by atoms with Crippen LogP contribution in [0.2, 0.25) is 0 Å². The van der Waals surface area contributed by atoms with E-state index in [9.17, 15) is 4.79 Å². The van der Waals surface area contributed by atoms with Crippen molar-refractivity contribution in [1.82, 2.24) is 0 Å². The lowest BCUT2D eigenvalue weighted by Gasteiger charge is -2.24. The van der Waals surface area contributed by atoms with Crippen molar-refractivity contribution in [3.63, 3.8) is 0 Å². The molecule has 1 heterocycles. The summed E-state index contributed by atoms with van der Waals surface area (Å²) in [6, 6.07) is 8.22. The number of hydrogen-bond donors (Lipinski definition) is 1. The predicted molar refractivity (Wildman–Crippen MR) is 79.8 cm³/mol. The Kier molecular flexibility index (Phi) is 3.63. The average Bonchev–Trinajstić information content (AvgIpc) is 3.07. The summed E-state index contributed by atoms with van der Waals surface area (Å²) in [6.07, 6.45) is 2.42. The van der Waals surface area contributed by atoms with Crippen LogP contribution in [0.5, 0.6) is 0 Å². The molecule has 1 fully saturated rings. The maximum Gasteiger partial charge on any atom is 0.231 e. The van der Waals surface area contributed by atoms with E-state index in [1.165, 1.54) is 18.4 Å². The van der Waals surface area contributed by atoms with Gasteiger partial charge in [0.25, 0.3) is 0 Å². The normalized spacial score (nSPS) is 21.5. The molecule has 2 atom stereocenters. The van der Waals surface area contributed by atoms with Crippen LogP contribution >= 0.6 is 12.4 Å². The van der Waals surface area contributed by atoms with Crippen LogP contribution in [0.3, 0.4) is 0 Å². The summed E-state index contributed by atoms with van der Waals surface area (Å²) >= 11 is 0.